The Labute approximate surface area is 210 Å². The van der Waals surface area contributed by atoms with E-state index in [1.54, 1.807) is 0 Å². The van der Waals surface area contributed by atoms with Crippen molar-refractivity contribution in [2.45, 2.75) is 56.9 Å². The first-order valence-electron chi connectivity index (χ1n) is 12.9. The summed E-state index contributed by atoms with van der Waals surface area (Å²) in [5.41, 5.74) is 4.70. The molecule has 10 heteroatoms. The Morgan fingerprint density at radius 3 is 1.63 bits per heavy atom. The number of carboxylic acid groups (broad SMARTS) is 2. The second-order valence-electron chi connectivity index (χ2n) is 11.2. The van der Waals surface area contributed by atoms with Gasteiger partial charge < -0.3 is 35.5 Å². The first kappa shape index (κ1) is 29.5. The van der Waals surface area contributed by atoms with E-state index in [1.165, 1.54) is 0 Å². The van der Waals surface area contributed by atoms with Crippen molar-refractivity contribution in [3.63, 3.8) is 0 Å². The fourth-order valence-corrected chi connectivity index (χ4v) is 5.25. The van der Waals surface area contributed by atoms with Crippen molar-refractivity contribution in [2.24, 2.45) is 17.1 Å². The zero-order valence-electron chi connectivity index (χ0n) is 22.2. The van der Waals surface area contributed by atoms with E-state index in [0.717, 1.165) is 77.9 Å². The summed E-state index contributed by atoms with van der Waals surface area (Å²) in [5, 5.41) is 17.3. The lowest BCUT2D eigenvalue weighted by atomic mass is 9.77. The molecule has 4 aliphatic heterocycles. The van der Waals surface area contributed by atoms with Gasteiger partial charge in [-0.2, -0.15) is 0 Å². The van der Waals surface area contributed by atoms with Gasteiger partial charge in [0.05, 0.1) is 5.41 Å². The molecule has 0 atom stereocenters. The van der Waals surface area contributed by atoms with Gasteiger partial charge in [0.2, 0.25) is 5.91 Å². The normalized spacial score (nSPS) is 25.4. The number of likely N-dealkylation sites (tertiary alicyclic amines) is 4. The summed E-state index contributed by atoms with van der Waals surface area (Å²) in [7, 11) is 8.11. The fraction of sp³-hybridized carbons (Fsp3) is 0.880. The van der Waals surface area contributed by atoms with E-state index in [-0.39, 0.29) is 5.41 Å². The van der Waals surface area contributed by atoms with Gasteiger partial charge in [-0.3, -0.25) is 14.4 Å². The third kappa shape index (κ3) is 8.70. The molecule has 0 bridgehead atoms. The van der Waals surface area contributed by atoms with E-state index >= 15 is 0 Å². The lowest BCUT2D eigenvalue weighted by Crippen LogP contribution is -2.54. The fourth-order valence-electron chi connectivity index (χ4n) is 5.25. The molecule has 0 radical (unpaired) electrons. The van der Waals surface area contributed by atoms with Crippen LogP contribution in [0.1, 0.15) is 51.4 Å². The van der Waals surface area contributed by atoms with Gasteiger partial charge in [-0.15, -0.1) is 0 Å². The minimum Gasteiger partial charge on any atom is -0.481 e. The highest BCUT2D eigenvalue weighted by Crippen LogP contribution is 2.40. The Hall–Kier alpha value is -1.75. The van der Waals surface area contributed by atoms with Crippen LogP contribution < -0.4 is 5.73 Å². The van der Waals surface area contributed by atoms with Gasteiger partial charge in [-0.1, -0.05) is 0 Å². The summed E-state index contributed by atoms with van der Waals surface area (Å²) in [6, 6.07) is 0. The molecule has 0 aromatic rings. The van der Waals surface area contributed by atoms with Crippen molar-refractivity contribution in [2.75, 3.05) is 74.0 Å². The molecule has 35 heavy (non-hydrogen) atoms. The molecule has 4 heterocycles. The molecule has 0 aromatic heterocycles. The van der Waals surface area contributed by atoms with Crippen LogP contribution in [0.4, 0.5) is 0 Å². The van der Waals surface area contributed by atoms with Crippen molar-refractivity contribution < 1.29 is 24.6 Å². The number of nitrogens with zero attached hydrogens (tertiary/aromatic N) is 4. The molecule has 202 valence electrons. The molecule has 1 spiro atoms. The number of hydrogen-bond donors (Lipinski definition) is 3. The number of carbonyl (C=O) groups is 3. The van der Waals surface area contributed by atoms with E-state index < -0.39 is 17.5 Å². The standard InChI is InChI=1S/C10H18N2O.C8H15NO2.C7H14N2O2/c1-11-6-3-10(4-7-11)5-8-12(2)9(10)13;1-9-4-2-7(3-5-9)6-8(10)11;1-9-4-2-7(8,3-5-9)6(10)11/h3-8H2,1-2H3;7H,2-6H2,1H3,(H,10,11);2-5,8H2,1H3,(H,10,11). The van der Waals surface area contributed by atoms with E-state index in [4.69, 9.17) is 15.9 Å². The van der Waals surface area contributed by atoms with Gasteiger partial charge in [0.25, 0.3) is 0 Å². The molecule has 0 unspecified atom stereocenters. The van der Waals surface area contributed by atoms with Crippen molar-refractivity contribution in [1.29, 1.82) is 0 Å². The predicted octanol–water partition coefficient (Wildman–Crippen LogP) is 0.858. The highest BCUT2D eigenvalue weighted by molar-refractivity contribution is 5.84. The van der Waals surface area contributed by atoms with Gasteiger partial charge in [-0.25, -0.2) is 0 Å². The molecule has 4 rings (SSSR count). The molecular weight excluding hydrogens is 450 g/mol. The third-order valence-electron chi connectivity index (χ3n) is 8.28. The zero-order chi connectivity index (χ0) is 26.2. The van der Waals surface area contributed by atoms with Crippen LogP contribution in [-0.4, -0.2) is 127 Å². The highest BCUT2D eigenvalue weighted by Gasteiger charge is 2.46. The predicted molar refractivity (Wildman–Crippen MR) is 135 cm³/mol. The second-order valence-corrected chi connectivity index (χ2v) is 11.2. The van der Waals surface area contributed by atoms with Gasteiger partial charge >= 0.3 is 11.9 Å². The number of amides is 1. The van der Waals surface area contributed by atoms with Crippen LogP contribution in [0, 0.1) is 11.3 Å². The summed E-state index contributed by atoms with van der Waals surface area (Å²) >= 11 is 0. The van der Waals surface area contributed by atoms with Crippen molar-refractivity contribution in [3.05, 3.63) is 0 Å². The van der Waals surface area contributed by atoms with Crippen molar-refractivity contribution in [3.8, 4) is 0 Å². The maximum absolute atomic E-state index is 11.9. The third-order valence-corrected chi connectivity index (χ3v) is 8.28. The quantitative estimate of drug-likeness (QED) is 0.519. The SMILES string of the molecule is CN1CCC(CC(=O)O)CC1.CN1CCC(N)(C(=O)O)CC1.CN1CCC2(CC1)CCN(C)C2=O. The topological polar surface area (TPSA) is 131 Å². The van der Waals surface area contributed by atoms with E-state index in [2.05, 4.69) is 28.8 Å². The number of rotatable bonds is 3. The molecule has 10 nitrogen and oxygen atoms in total. The number of aliphatic carboxylic acids is 2. The monoisotopic (exact) mass is 497 g/mol. The average molecular weight is 498 g/mol. The van der Waals surface area contributed by atoms with Crippen molar-refractivity contribution in [1.82, 2.24) is 19.6 Å². The highest BCUT2D eigenvalue weighted by atomic mass is 16.4. The summed E-state index contributed by atoms with van der Waals surface area (Å²) in [5.74, 6) is -0.713. The summed E-state index contributed by atoms with van der Waals surface area (Å²) in [6.07, 6.45) is 6.76. The van der Waals surface area contributed by atoms with Crippen LogP contribution in [0.5, 0.6) is 0 Å². The Balaban J connectivity index is 0.000000186. The van der Waals surface area contributed by atoms with Gasteiger partial charge in [0.15, 0.2) is 0 Å². The van der Waals surface area contributed by atoms with Crippen LogP contribution in [-0.2, 0) is 14.4 Å². The number of piperidine rings is 3. The van der Waals surface area contributed by atoms with Crippen LogP contribution in [0.15, 0.2) is 0 Å². The maximum atomic E-state index is 11.9. The summed E-state index contributed by atoms with van der Waals surface area (Å²) < 4.78 is 0. The Morgan fingerprint density at radius 2 is 1.23 bits per heavy atom. The largest absolute Gasteiger partial charge is 0.481 e. The van der Waals surface area contributed by atoms with Crippen molar-refractivity contribution >= 4 is 17.8 Å². The minimum atomic E-state index is -0.966. The number of hydrogen-bond acceptors (Lipinski definition) is 7. The second kappa shape index (κ2) is 13.0. The molecule has 0 saturated carbocycles. The van der Waals surface area contributed by atoms with E-state index in [1.807, 2.05) is 19.0 Å². The number of carboxylic acids is 2. The summed E-state index contributed by atoms with van der Waals surface area (Å²) in [4.78, 5) is 41.4. The van der Waals surface area contributed by atoms with E-state index in [0.29, 0.717) is 31.1 Å². The molecule has 1 amide bonds. The first-order valence-corrected chi connectivity index (χ1v) is 12.9. The molecule has 4 aliphatic rings. The maximum Gasteiger partial charge on any atom is 0.323 e. The minimum absolute atomic E-state index is 0.0290. The summed E-state index contributed by atoms with van der Waals surface area (Å²) in [6.45, 7) is 6.79. The smallest absolute Gasteiger partial charge is 0.323 e. The van der Waals surface area contributed by atoms with Gasteiger partial charge in [0, 0.05) is 33.1 Å². The number of carbonyl (C=O) groups excluding carboxylic acids is 1. The Kier molecular flexibility index (Phi) is 10.9. The Morgan fingerprint density at radius 1 is 0.800 bits per heavy atom. The van der Waals surface area contributed by atoms with Crippen LogP contribution in [0.25, 0.3) is 0 Å². The number of nitrogens with two attached hydrogens (primary N) is 1. The lowest BCUT2D eigenvalue weighted by molar-refractivity contribution is -0.145. The molecular formula is C25H47N5O5. The van der Waals surface area contributed by atoms with Crippen LogP contribution in [0.3, 0.4) is 0 Å². The zero-order valence-corrected chi connectivity index (χ0v) is 22.2. The molecule has 0 aromatic carbocycles. The molecule has 4 fully saturated rings. The molecule has 4 N–H and O–H groups in total. The van der Waals surface area contributed by atoms with Gasteiger partial charge in [0.1, 0.15) is 5.54 Å². The van der Waals surface area contributed by atoms with Crippen LogP contribution in [0.2, 0.25) is 0 Å². The molecule has 0 aliphatic carbocycles. The molecule has 4 saturated heterocycles. The Bertz CT molecular complexity index is 709. The first-order chi connectivity index (χ1) is 16.4. The average Bonchev–Trinajstić information content (AvgIpc) is 3.08. The van der Waals surface area contributed by atoms with E-state index in [9.17, 15) is 14.4 Å². The lowest BCUT2D eigenvalue weighted by Gasteiger charge is -2.35. The van der Waals surface area contributed by atoms with Gasteiger partial charge in [-0.05, 0) is 98.2 Å². The van der Waals surface area contributed by atoms with Crippen LogP contribution >= 0.6 is 0 Å².